The SMILES string of the molecule is CCCC1CCN(c2cnc(CNCC(C)C)cn2)CC1. The second kappa shape index (κ2) is 8.32. The Labute approximate surface area is 129 Å². The summed E-state index contributed by atoms with van der Waals surface area (Å²) in [5.41, 5.74) is 1.03. The number of aromatic nitrogens is 2. The minimum atomic E-state index is 0.668. The molecule has 0 spiro atoms. The lowest BCUT2D eigenvalue weighted by Gasteiger charge is -2.32. The molecule has 4 heteroatoms. The molecule has 0 amide bonds. The third-order valence-corrected chi connectivity index (χ3v) is 4.19. The molecule has 21 heavy (non-hydrogen) atoms. The molecule has 0 bridgehead atoms. The molecular weight excluding hydrogens is 260 g/mol. The fraction of sp³-hybridized carbons (Fsp3) is 0.765. The van der Waals surface area contributed by atoms with E-state index >= 15 is 0 Å². The zero-order chi connectivity index (χ0) is 15.1. The zero-order valence-electron chi connectivity index (χ0n) is 13.8. The van der Waals surface area contributed by atoms with Crippen molar-refractivity contribution in [3.63, 3.8) is 0 Å². The first kappa shape index (κ1) is 16.2. The minimum absolute atomic E-state index is 0.668. The van der Waals surface area contributed by atoms with Gasteiger partial charge in [0, 0.05) is 19.6 Å². The molecule has 1 fully saturated rings. The number of hydrogen-bond donors (Lipinski definition) is 1. The molecule has 1 aliphatic rings. The Morgan fingerprint density at radius 3 is 2.57 bits per heavy atom. The van der Waals surface area contributed by atoms with Crippen LogP contribution in [0, 0.1) is 11.8 Å². The van der Waals surface area contributed by atoms with Gasteiger partial charge < -0.3 is 10.2 Å². The third-order valence-electron chi connectivity index (χ3n) is 4.19. The zero-order valence-corrected chi connectivity index (χ0v) is 13.8. The van der Waals surface area contributed by atoms with Gasteiger partial charge in [0.1, 0.15) is 5.82 Å². The van der Waals surface area contributed by atoms with Crippen LogP contribution < -0.4 is 10.2 Å². The molecular formula is C17H30N4. The summed E-state index contributed by atoms with van der Waals surface area (Å²) in [7, 11) is 0. The van der Waals surface area contributed by atoms with Crippen molar-refractivity contribution in [2.75, 3.05) is 24.5 Å². The minimum Gasteiger partial charge on any atom is -0.355 e. The highest BCUT2D eigenvalue weighted by Crippen LogP contribution is 2.24. The molecule has 0 unspecified atom stereocenters. The van der Waals surface area contributed by atoms with Gasteiger partial charge >= 0.3 is 0 Å². The molecule has 0 radical (unpaired) electrons. The second-order valence-corrected chi connectivity index (χ2v) is 6.61. The molecule has 2 rings (SSSR count). The van der Waals surface area contributed by atoms with Crippen LogP contribution in [0.4, 0.5) is 5.82 Å². The first-order valence-corrected chi connectivity index (χ1v) is 8.45. The smallest absolute Gasteiger partial charge is 0.147 e. The Hall–Kier alpha value is -1.16. The predicted octanol–water partition coefficient (Wildman–Crippen LogP) is 3.24. The van der Waals surface area contributed by atoms with Gasteiger partial charge in [0.25, 0.3) is 0 Å². The van der Waals surface area contributed by atoms with Crippen LogP contribution in [0.2, 0.25) is 0 Å². The monoisotopic (exact) mass is 290 g/mol. The maximum atomic E-state index is 4.59. The maximum Gasteiger partial charge on any atom is 0.147 e. The third kappa shape index (κ3) is 5.27. The molecule has 4 nitrogen and oxygen atoms in total. The summed E-state index contributed by atoms with van der Waals surface area (Å²) in [6.45, 7) is 10.8. The molecule has 0 saturated carbocycles. The molecule has 0 aromatic carbocycles. The van der Waals surface area contributed by atoms with Crippen LogP contribution in [0.5, 0.6) is 0 Å². The average molecular weight is 290 g/mol. The van der Waals surface area contributed by atoms with Gasteiger partial charge in [-0.15, -0.1) is 0 Å². The van der Waals surface area contributed by atoms with Crippen molar-refractivity contribution >= 4 is 5.82 Å². The van der Waals surface area contributed by atoms with Gasteiger partial charge in [0.15, 0.2) is 0 Å². The van der Waals surface area contributed by atoms with E-state index in [9.17, 15) is 0 Å². The van der Waals surface area contributed by atoms with E-state index in [1.807, 2.05) is 12.4 Å². The van der Waals surface area contributed by atoms with Gasteiger partial charge in [-0.05, 0) is 31.2 Å². The van der Waals surface area contributed by atoms with Crippen molar-refractivity contribution in [3.05, 3.63) is 18.1 Å². The molecule has 0 atom stereocenters. The Morgan fingerprint density at radius 1 is 1.24 bits per heavy atom. The molecule has 0 aliphatic carbocycles. The Kier molecular flexibility index (Phi) is 6.43. The van der Waals surface area contributed by atoms with E-state index in [1.165, 1.54) is 25.7 Å². The maximum absolute atomic E-state index is 4.59. The molecule has 1 N–H and O–H groups in total. The summed E-state index contributed by atoms with van der Waals surface area (Å²) in [5, 5.41) is 3.40. The summed E-state index contributed by atoms with van der Waals surface area (Å²) in [6.07, 6.45) is 9.14. The van der Waals surface area contributed by atoms with Crippen molar-refractivity contribution in [1.82, 2.24) is 15.3 Å². The van der Waals surface area contributed by atoms with Crippen LogP contribution in [0.1, 0.15) is 52.1 Å². The summed E-state index contributed by atoms with van der Waals surface area (Å²) < 4.78 is 0. The van der Waals surface area contributed by atoms with Crippen LogP contribution >= 0.6 is 0 Å². The van der Waals surface area contributed by atoms with Crippen molar-refractivity contribution in [2.24, 2.45) is 11.8 Å². The van der Waals surface area contributed by atoms with E-state index in [1.54, 1.807) is 0 Å². The Morgan fingerprint density at radius 2 is 2.00 bits per heavy atom. The highest BCUT2D eigenvalue weighted by molar-refractivity contribution is 5.36. The highest BCUT2D eigenvalue weighted by Gasteiger charge is 2.19. The lowest BCUT2D eigenvalue weighted by molar-refractivity contribution is 0.377. The molecule has 1 aliphatic heterocycles. The fourth-order valence-electron chi connectivity index (χ4n) is 2.95. The largest absolute Gasteiger partial charge is 0.355 e. The number of nitrogens with one attached hydrogen (secondary N) is 1. The van der Waals surface area contributed by atoms with Gasteiger partial charge in [-0.25, -0.2) is 4.98 Å². The normalized spacial score (nSPS) is 16.7. The average Bonchev–Trinajstić information content (AvgIpc) is 2.49. The van der Waals surface area contributed by atoms with Crippen LogP contribution in [0.25, 0.3) is 0 Å². The van der Waals surface area contributed by atoms with Crippen LogP contribution in [0.3, 0.4) is 0 Å². The summed E-state index contributed by atoms with van der Waals surface area (Å²) >= 11 is 0. The van der Waals surface area contributed by atoms with Crippen molar-refractivity contribution in [3.8, 4) is 0 Å². The number of piperidine rings is 1. The van der Waals surface area contributed by atoms with Crippen molar-refractivity contribution < 1.29 is 0 Å². The Bertz CT molecular complexity index is 394. The molecule has 2 heterocycles. The van der Waals surface area contributed by atoms with E-state index < -0.39 is 0 Å². The van der Waals surface area contributed by atoms with E-state index in [-0.39, 0.29) is 0 Å². The summed E-state index contributed by atoms with van der Waals surface area (Å²) in [5.74, 6) is 2.62. The lowest BCUT2D eigenvalue weighted by atomic mass is 9.92. The van der Waals surface area contributed by atoms with Crippen LogP contribution in [-0.2, 0) is 6.54 Å². The van der Waals surface area contributed by atoms with Crippen molar-refractivity contribution in [1.29, 1.82) is 0 Å². The van der Waals surface area contributed by atoms with E-state index in [2.05, 4.69) is 41.0 Å². The van der Waals surface area contributed by atoms with Crippen molar-refractivity contribution in [2.45, 2.75) is 53.0 Å². The molecule has 1 aromatic heterocycles. The fourth-order valence-corrected chi connectivity index (χ4v) is 2.95. The predicted molar refractivity (Wildman–Crippen MR) is 88.4 cm³/mol. The van der Waals surface area contributed by atoms with Crippen LogP contribution in [0.15, 0.2) is 12.4 Å². The van der Waals surface area contributed by atoms with E-state index in [0.717, 1.165) is 43.6 Å². The second-order valence-electron chi connectivity index (χ2n) is 6.61. The Balaban J connectivity index is 1.79. The number of anilines is 1. The molecule has 1 aromatic rings. The van der Waals surface area contributed by atoms with Crippen LogP contribution in [-0.4, -0.2) is 29.6 Å². The van der Waals surface area contributed by atoms with E-state index in [4.69, 9.17) is 0 Å². The standard InChI is InChI=1S/C17H30N4/c1-4-5-15-6-8-21(9-7-15)17-13-19-16(12-20-17)11-18-10-14(2)3/h12-15,18H,4-11H2,1-3H3. The first-order valence-electron chi connectivity index (χ1n) is 8.45. The van der Waals surface area contributed by atoms with Gasteiger partial charge in [-0.2, -0.15) is 0 Å². The highest BCUT2D eigenvalue weighted by atomic mass is 15.2. The van der Waals surface area contributed by atoms with Gasteiger partial charge in [-0.3, -0.25) is 4.98 Å². The van der Waals surface area contributed by atoms with Gasteiger partial charge in [0.05, 0.1) is 18.1 Å². The number of nitrogens with zero attached hydrogens (tertiary/aromatic N) is 3. The summed E-state index contributed by atoms with van der Waals surface area (Å²) in [6, 6.07) is 0. The number of rotatable bonds is 7. The topological polar surface area (TPSA) is 41.1 Å². The van der Waals surface area contributed by atoms with Gasteiger partial charge in [0.2, 0.25) is 0 Å². The molecule has 1 saturated heterocycles. The quantitative estimate of drug-likeness (QED) is 0.837. The molecule has 118 valence electrons. The number of hydrogen-bond acceptors (Lipinski definition) is 4. The van der Waals surface area contributed by atoms with Gasteiger partial charge in [-0.1, -0.05) is 33.6 Å². The first-order chi connectivity index (χ1) is 10.2. The van der Waals surface area contributed by atoms with E-state index in [0.29, 0.717) is 5.92 Å². The summed E-state index contributed by atoms with van der Waals surface area (Å²) in [4.78, 5) is 11.5. The lowest BCUT2D eigenvalue weighted by Crippen LogP contribution is -2.34.